The van der Waals surface area contributed by atoms with E-state index < -0.39 is 10.0 Å². The van der Waals surface area contributed by atoms with Crippen LogP contribution in [0.3, 0.4) is 0 Å². The number of hydrazone groups is 1. The molecule has 25 heavy (non-hydrogen) atoms. The summed E-state index contributed by atoms with van der Waals surface area (Å²) in [5.74, 6) is 0.355. The maximum atomic E-state index is 13.2. The lowest BCUT2D eigenvalue weighted by Gasteiger charge is -2.35. The molecule has 1 aliphatic heterocycles. The van der Waals surface area contributed by atoms with Gasteiger partial charge in [-0.1, -0.05) is 54.4 Å². The molecule has 5 heteroatoms. The van der Waals surface area contributed by atoms with Gasteiger partial charge in [0.05, 0.1) is 16.6 Å². The molecule has 0 amide bonds. The number of nitrogens with zero attached hydrogens (tertiary/aromatic N) is 2. The molecular formula is C20H22N2O2S. The van der Waals surface area contributed by atoms with Crippen LogP contribution in [0.5, 0.6) is 0 Å². The van der Waals surface area contributed by atoms with E-state index in [1.807, 2.05) is 49.4 Å². The zero-order chi connectivity index (χ0) is 17.4. The summed E-state index contributed by atoms with van der Waals surface area (Å²) in [6.45, 7) is 1.95. The van der Waals surface area contributed by atoms with E-state index in [2.05, 4.69) is 5.10 Å². The van der Waals surface area contributed by atoms with E-state index in [1.165, 1.54) is 4.41 Å². The molecule has 4 rings (SSSR count). The number of hydrogen-bond donors (Lipinski definition) is 0. The van der Waals surface area contributed by atoms with Crippen molar-refractivity contribution in [2.24, 2.45) is 11.0 Å². The summed E-state index contributed by atoms with van der Waals surface area (Å²) < 4.78 is 27.9. The fourth-order valence-corrected chi connectivity index (χ4v) is 5.42. The molecule has 4 nitrogen and oxygen atoms in total. The van der Waals surface area contributed by atoms with Gasteiger partial charge < -0.3 is 0 Å². The number of aryl methyl sites for hydroxylation is 1. The van der Waals surface area contributed by atoms with Gasteiger partial charge in [-0.25, -0.2) is 0 Å². The Morgan fingerprint density at radius 2 is 1.72 bits per heavy atom. The Kier molecular flexibility index (Phi) is 4.12. The van der Waals surface area contributed by atoms with Crippen LogP contribution in [0.1, 0.15) is 36.8 Å². The van der Waals surface area contributed by atoms with E-state index in [0.29, 0.717) is 10.8 Å². The SMILES string of the molecule is Cc1ccc(S(=O)(=O)N2N=C(c3ccccc3)CC3CCCC32)cc1. The van der Waals surface area contributed by atoms with E-state index in [9.17, 15) is 8.42 Å². The molecule has 0 radical (unpaired) electrons. The first kappa shape index (κ1) is 16.3. The molecule has 1 aliphatic carbocycles. The molecule has 0 N–H and O–H groups in total. The van der Waals surface area contributed by atoms with Crippen LogP contribution < -0.4 is 0 Å². The first-order valence-corrected chi connectivity index (χ1v) is 10.2. The van der Waals surface area contributed by atoms with Crippen molar-refractivity contribution in [3.8, 4) is 0 Å². The molecule has 1 heterocycles. The highest BCUT2D eigenvalue weighted by atomic mass is 32.2. The van der Waals surface area contributed by atoms with Crippen LogP contribution in [0, 0.1) is 12.8 Å². The molecule has 0 aromatic heterocycles. The minimum absolute atomic E-state index is 0.0150. The van der Waals surface area contributed by atoms with Gasteiger partial charge in [0.15, 0.2) is 0 Å². The molecule has 1 saturated carbocycles. The average molecular weight is 354 g/mol. The van der Waals surface area contributed by atoms with Crippen molar-refractivity contribution in [3.63, 3.8) is 0 Å². The quantitative estimate of drug-likeness (QED) is 0.837. The fraction of sp³-hybridized carbons (Fsp3) is 0.350. The molecule has 130 valence electrons. The van der Waals surface area contributed by atoms with Crippen molar-refractivity contribution in [1.82, 2.24) is 4.41 Å². The first-order chi connectivity index (χ1) is 12.1. The van der Waals surface area contributed by atoms with Gasteiger partial charge >= 0.3 is 0 Å². The topological polar surface area (TPSA) is 49.7 Å². The Hall–Kier alpha value is -2.14. The molecule has 1 fully saturated rings. The van der Waals surface area contributed by atoms with Gasteiger partial charge in [0.1, 0.15) is 0 Å². The smallest absolute Gasteiger partial charge is 0.200 e. The van der Waals surface area contributed by atoms with Crippen LogP contribution in [0.4, 0.5) is 0 Å². The summed E-state index contributed by atoms with van der Waals surface area (Å²) in [6.07, 6.45) is 3.87. The van der Waals surface area contributed by atoms with Gasteiger partial charge in [-0.3, -0.25) is 0 Å². The summed E-state index contributed by atoms with van der Waals surface area (Å²) in [4.78, 5) is 0.321. The van der Waals surface area contributed by atoms with Crippen molar-refractivity contribution in [2.75, 3.05) is 0 Å². The Morgan fingerprint density at radius 3 is 2.44 bits per heavy atom. The lowest BCUT2D eigenvalue weighted by molar-refractivity contribution is 0.258. The predicted molar refractivity (Wildman–Crippen MR) is 98.9 cm³/mol. The fourth-order valence-electron chi connectivity index (χ4n) is 3.88. The highest BCUT2D eigenvalue weighted by Crippen LogP contribution is 2.39. The monoisotopic (exact) mass is 354 g/mol. The molecule has 0 spiro atoms. The van der Waals surface area contributed by atoms with Crippen LogP contribution >= 0.6 is 0 Å². The van der Waals surface area contributed by atoms with Gasteiger partial charge in [-0.05, 0) is 49.8 Å². The minimum Gasteiger partial charge on any atom is -0.200 e. The van der Waals surface area contributed by atoms with Crippen LogP contribution in [-0.4, -0.2) is 24.6 Å². The Bertz CT molecular complexity index is 889. The third kappa shape index (κ3) is 2.97. The van der Waals surface area contributed by atoms with Crippen LogP contribution in [0.25, 0.3) is 0 Å². The third-order valence-electron chi connectivity index (χ3n) is 5.25. The van der Waals surface area contributed by atoms with Gasteiger partial charge in [0, 0.05) is 0 Å². The standard InChI is InChI=1S/C20H22N2O2S/c1-15-10-12-18(13-11-15)25(23,24)22-20-9-5-8-17(20)14-19(21-22)16-6-3-2-4-7-16/h2-4,6-7,10-13,17,20H,5,8-9,14H2,1H3. The maximum Gasteiger partial charge on any atom is 0.279 e. The largest absolute Gasteiger partial charge is 0.279 e. The van der Waals surface area contributed by atoms with E-state index in [-0.39, 0.29) is 6.04 Å². The Balaban J connectivity index is 1.78. The van der Waals surface area contributed by atoms with Crippen molar-refractivity contribution >= 4 is 15.7 Å². The van der Waals surface area contributed by atoms with Crippen molar-refractivity contribution in [2.45, 2.75) is 43.5 Å². The molecular weight excluding hydrogens is 332 g/mol. The molecule has 2 aromatic rings. The van der Waals surface area contributed by atoms with E-state index >= 15 is 0 Å². The van der Waals surface area contributed by atoms with Crippen molar-refractivity contribution < 1.29 is 8.42 Å². The third-order valence-corrected chi connectivity index (χ3v) is 6.96. The molecule has 0 bridgehead atoms. The minimum atomic E-state index is -3.63. The summed E-state index contributed by atoms with van der Waals surface area (Å²) in [6, 6.07) is 16.9. The number of sulfonamides is 1. The molecule has 2 atom stereocenters. The highest BCUT2D eigenvalue weighted by molar-refractivity contribution is 7.89. The summed E-state index contributed by atoms with van der Waals surface area (Å²) >= 11 is 0. The molecule has 2 aromatic carbocycles. The molecule has 2 unspecified atom stereocenters. The lowest BCUT2D eigenvalue weighted by Crippen LogP contribution is -2.43. The molecule has 0 saturated heterocycles. The zero-order valence-corrected chi connectivity index (χ0v) is 15.1. The Labute approximate surface area is 149 Å². The number of rotatable bonds is 3. The maximum absolute atomic E-state index is 13.2. The Morgan fingerprint density at radius 1 is 1.00 bits per heavy atom. The first-order valence-electron chi connectivity index (χ1n) is 8.80. The average Bonchev–Trinajstić information content (AvgIpc) is 3.10. The highest BCUT2D eigenvalue weighted by Gasteiger charge is 2.42. The van der Waals surface area contributed by atoms with Crippen LogP contribution in [0.15, 0.2) is 64.6 Å². The van der Waals surface area contributed by atoms with Gasteiger partial charge in [-0.2, -0.15) is 17.9 Å². The van der Waals surface area contributed by atoms with Crippen molar-refractivity contribution in [3.05, 3.63) is 65.7 Å². The summed E-state index contributed by atoms with van der Waals surface area (Å²) in [5, 5.41) is 4.63. The van der Waals surface area contributed by atoms with E-state index in [1.54, 1.807) is 12.1 Å². The second-order valence-corrected chi connectivity index (χ2v) is 8.76. The van der Waals surface area contributed by atoms with Crippen LogP contribution in [-0.2, 0) is 10.0 Å². The summed E-state index contributed by atoms with van der Waals surface area (Å²) in [7, 11) is -3.63. The lowest BCUT2D eigenvalue weighted by atomic mass is 9.92. The second kappa shape index (κ2) is 6.30. The van der Waals surface area contributed by atoms with E-state index in [0.717, 1.165) is 42.5 Å². The predicted octanol–water partition coefficient (Wildman–Crippen LogP) is 3.96. The summed E-state index contributed by atoms with van der Waals surface area (Å²) in [5.41, 5.74) is 2.93. The number of fused-ring (bicyclic) bond motifs is 1. The van der Waals surface area contributed by atoms with Crippen molar-refractivity contribution in [1.29, 1.82) is 0 Å². The zero-order valence-electron chi connectivity index (χ0n) is 14.3. The molecule has 2 aliphatic rings. The van der Waals surface area contributed by atoms with Crippen LogP contribution in [0.2, 0.25) is 0 Å². The van der Waals surface area contributed by atoms with Gasteiger partial charge in [-0.15, -0.1) is 0 Å². The van der Waals surface area contributed by atoms with Gasteiger partial charge in [0.2, 0.25) is 0 Å². The van der Waals surface area contributed by atoms with Gasteiger partial charge in [0.25, 0.3) is 10.0 Å². The normalized spacial score (nSPS) is 23.2. The number of benzene rings is 2. The second-order valence-electron chi connectivity index (χ2n) is 6.97. The number of hydrogen-bond acceptors (Lipinski definition) is 3. The van der Waals surface area contributed by atoms with E-state index in [4.69, 9.17) is 0 Å².